The normalized spacial score (nSPS) is 17.2. The second kappa shape index (κ2) is 9.35. The van der Waals surface area contributed by atoms with Crippen molar-refractivity contribution in [2.24, 2.45) is 5.92 Å². The highest BCUT2D eigenvalue weighted by atomic mass is 16.5. The summed E-state index contributed by atoms with van der Waals surface area (Å²) in [4.78, 5) is 14.9. The minimum atomic E-state index is 0.0812. The first kappa shape index (κ1) is 20.5. The van der Waals surface area contributed by atoms with Gasteiger partial charge in [0.05, 0.1) is 13.7 Å². The molecule has 4 rings (SSSR count). The third-order valence-electron chi connectivity index (χ3n) is 5.95. The highest BCUT2D eigenvalue weighted by molar-refractivity contribution is 5.91. The molecule has 2 heterocycles. The van der Waals surface area contributed by atoms with Gasteiger partial charge in [-0.05, 0) is 74.5 Å². The largest absolute Gasteiger partial charge is 0.497 e. The number of furan rings is 1. The molecule has 0 radical (unpaired) electrons. The number of piperidine rings is 1. The van der Waals surface area contributed by atoms with E-state index in [1.807, 2.05) is 43.3 Å². The SMILES string of the molecule is COc1ccc(NC(=O)CCC2CCCN(Cc3cc4ccccc4o3)C2)c(C)c1. The summed E-state index contributed by atoms with van der Waals surface area (Å²) in [6, 6.07) is 16.0. The number of ether oxygens (including phenoxy) is 1. The molecule has 1 saturated heterocycles. The van der Waals surface area contributed by atoms with E-state index in [0.29, 0.717) is 12.3 Å². The van der Waals surface area contributed by atoms with Gasteiger partial charge in [0.2, 0.25) is 5.91 Å². The molecule has 1 fully saturated rings. The number of nitrogens with zero attached hydrogens (tertiary/aromatic N) is 1. The molecule has 1 aliphatic rings. The molecule has 0 aliphatic carbocycles. The monoisotopic (exact) mass is 406 g/mol. The lowest BCUT2D eigenvalue weighted by molar-refractivity contribution is -0.116. The zero-order valence-electron chi connectivity index (χ0n) is 17.8. The lowest BCUT2D eigenvalue weighted by Gasteiger charge is -2.32. The third-order valence-corrected chi connectivity index (χ3v) is 5.95. The zero-order chi connectivity index (χ0) is 20.9. The predicted molar refractivity (Wildman–Crippen MR) is 120 cm³/mol. The number of amides is 1. The maximum absolute atomic E-state index is 12.5. The van der Waals surface area contributed by atoms with Gasteiger partial charge >= 0.3 is 0 Å². The standard InChI is InChI=1S/C25H30N2O3/c1-18-14-21(29-2)10-11-23(18)26-25(28)12-9-19-6-5-13-27(16-19)17-22-15-20-7-3-4-8-24(20)30-22/h3-4,7-8,10-11,14-15,19H,5-6,9,12-13,16-17H2,1-2H3,(H,26,28). The molecule has 1 atom stereocenters. The van der Waals surface area contributed by atoms with Crippen LogP contribution in [-0.2, 0) is 11.3 Å². The Hall–Kier alpha value is -2.79. The summed E-state index contributed by atoms with van der Waals surface area (Å²) < 4.78 is 11.2. The molecular weight excluding hydrogens is 376 g/mol. The molecule has 5 heteroatoms. The highest BCUT2D eigenvalue weighted by Crippen LogP contribution is 2.26. The van der Waals surface area contributed by atoms with Crippen molar-refractivity contribution in [1.82, 2.24) is 4.90 Å². The molecule has 0 bridgehead atoms. The molecule has 158 valence electrons. The molecule has 0 saturated carbocycles. The number of nitrogens with one attached hydrogen (secondary N) is 1. The Balaban J connectivity index is 1.27. The summed E-state index contributed by atoms with van der Waals surface area (Å²) >= 11 is 0. The molecule has 1 unspecified atom stereocenters. The van der Waals surface area contributed by atoms with Crippen LogP contribution in [-0.4, -0.2) is 31.0 Å². The van der Waals surface area contributed by atoms with Gasteiger partial charge in [-0.1, -0.05) is 18.2 Å². The molecule has 1 aromatic heterocycles. The van der Waals surface area contributed by atoms with Gasteiger partial charge in [-0.2, -0.15) is 0 Å². The number of benzene rings is 2. The van der Waals surface area contributed by atoms with E-state index in [2.05, 4.69) is 22.3 Å². The van der Waals surface area contributed by atoms with Crippen LogP contribution >= 0.6 is 0 Å². The van der Waals surface area contributed by atoms with Gasteiger partial charge in [0.15, 0.2) is 0 Å². The van der Waals surface area contributed by atoms with E-state index >= 15 is 0 Å². The van der Waals surface area contributed by atoms with Crippen molar-refractivity contribution >= 4 is 22.6 Å². The van der Waals surface area contributed by atoms with Crippen molar-refractivity contribution in [2.45, 2.75) is 39.2 Å². The van der Waals surface area contributed by atoms with Crippen LogP contribution in [0.3, 0.4) is 0 Å². The average molecular weight is 407 g/mol. The van der Waals surface area contributed by atoms with Crippen LogP contribution in [0.15, 0.2) is 52.9 Å². The van der Waals surface area contributed by atoms with Gasteiger partial charge in [0.1, 0.15) is 17.1 Å². The number of carbonyl (C=O) groups is 1. The molecule has 5 nitrogen and oxygen atoms in total. The number of para-hydroxylation sites is 1. The second-order valence-electron chi connectivity index (χ2n) is 8.26. The van der Waals surface area contributed by atoms with Crippen LogP contribution < -0.4 is 10.1 Å². The highest BCUT2D eigenvalue weighted by Gasteiger charge is 2.22. The van der Waals surface area contributed by atoms with Crippen LogP contribution in [0.2, 0.25) is 0 Å². The fourth-order valence-corrected chi connectivity index (χ4v) is 4.32. The number of anilines is 1. The number of hydrogen-bond acceptors (Lipinski definition) is 4. The Bertz CT molecular complexity index is 978. The van der Waals surface area contributed by atoms with Crippen LogP contribution in [0, 0.1) is 12.8 Å². The van der Waals surface area contributed by atoms with Crippen LogP contribution in [0.4, 0.5) is 5.69 Å². The van der Waals surface area contributed by atoms with Gasteiger partial charge in [-0.3, -0.25) is 9.69 Å². The van der Waals surface area contributed by atoms with E-state index in [9.17, 15) is 4.79 Å². The first-order chi connectivity index (χ1) is 14.6. The van der Waals surface area contributed by atoms with Crippen molar-refractivity contribution < 1.29 is 13.9 Å². The molecule has 2 aromatic carbocycles. The first-order valence-corrected chi connectivity index (χ1v) is 10.7. The minimum Gasteiger partial charge on any atom is -0.497 e. The molecule has 3 aromatic rings. The second-order valence-corrected chi connectivity index (χ2v) is 8.26. The lowest BCUT2D eigenvalue weighted by atomic mass is 9.93. The molecule has 0 spiro atoms. The van der Waals surface area contributed by atoms with Gasteiger partial charge in [-0.25, -0.2) is 0 Å². The summed E-state index contributed by atoms with van der Waals surface area (Å²) in [6.45, 7) is 4.92. The quantitative estimate of drug-likeness (QED) is 0.572. The maximum Gasteiger partial charge on any atom is 0.224 e. The Kier molecular flexibility index (Phi) is 6.38. The summed E-state index contributed by atoms with van der Waals surface area (Å²) in [5, 5.41) is 4.20. The van der Waals surface area contributed by atoms with E-state index in [0.717, 1.165) is 59.8 Å². The van der Waals surface area contributed by atoms with Crippen molar-refractivity contribution in [2.75, 3.05) is 25.5 Å². The zero-order valence-corrected chi connectivity index (χ0v) is 17.8. The van der Waals surface area contributed by atoms with Gasteiger partial charge in [0.25, 0.3) is 0 Å². The number of rotatable bonds is 7. The topological polar surface area (TPSA) is 54.7 Å². The van der Waals surface area contributed by atoms with Crippen LogP contribution in [0.1, 0.15) is 37.0 Å². The van der Waals surface area contributed by atoms with E-state index < -0.39 is 0 Å². The third kappa shape index (κ3) is 5.03. The predicted octanol–water partition coefficient (Wildman–Crippen LogP) is 5.38. The van der Waals surface area contributed by atoms with Crippen molar-refractivity contribution in [3.8, 4) is 5.75 Å². The number of likely N-dealkylation sites (tertiary alicyclic amines) is 1. The fourth-order valence-electron chi connectivity index (χ4n) is 4.32. The summed E-state index contributed by atoms with van der Waals surface area (Å²) in [7, 11) is 1.65. The lowest BCUT2D eigenvalue weighted by Crippen LogP contribution is -2.35. The van der Waals surface area contributed by atoms with Crippen LogP contribution in [0.5, 0.6) is 5.75 Å². The Labute approximate surface area is 178 Å². The Morgan fingerprint density at radius 3 is 2.90 bits per heavy atom. The maximum atomic E-state index is 12.5. The number of carbonyl (C=O) groups excluding carboxylic acids is 1. The molecule has 1 N–H and O–H groups in total. The van der Waals surface area contributed by atoms with Gasteiger partial charge in [-0.15, -0.1) is 0 Å². The number of hydrogen-bond donors (Lipinski definition) is 1. The Morgan fingerprint density at radius 1 is 1.23 bits per heavy atom. The van der Waals surface area contributed by atoms with Crippen molar-refractivity contribution in [3.63, 3.8) is 0 Å². The van der Waals surface area contributed by atoms with E-state index in [4.69, 9.17) is 9.15 Å². The summed E-state index contributed by atoms with van der Waals surface area (Å²) in [6.07, 6.45) is 3.82. The molecule has 30 heavy (non-hydrogen) atoms. The summed E-state index contributed by atoms with van der Waals surface area (Å²) in [5.74, 6) is 2.45. The number of fused-ring (bicyclic) bond motifs is 1. The smallest absolute Gasteiger partial charge is 0.224 e. The van der Waals surface area contributed by atoms with Gasteiger partial charge < -0.3 is 14.5 Å². The van der Waals surface area contributed by atoms with Crippen LogP contribution in [0.25, 0.3) is 11.0 Å². The summed E-state index contributed by atoms with van der Waals surface area (Å²) in [5.41, 5.74) is 2.82. The average Bonchev–Trinajstić information content (AvgIpc) is 3.16. The first-order valence-electron chi connectivity index (χ1n) is 10.7. The van der Waals surface area contributed by atoms with E-state index in [1.165, 1.54) is 12.8 Å². The van der Waals surface area contributed by atoms with Gasteiger partial charge in [0, 0.05) is 24.0 Å². The van der Waals surface area contributed by atoms with Crippen molar-refractivity contribution in [1.29, 1.82) is 0 Å². The number of methoxy groups -OCH3 is 1. The fraction of sp³-hybridized carbons (Fsp3) is 0.400. The van der Waals surface area contributed by atoms with E-state index in [-0.39, 0.29) is 5.91 Å². The molecular formula is C25H30N2O3. The number of aryl methyl sites for hydroxylation is 1. The Morgan fingerprint density at radius 2 is 2.10 bits per heavy atom. The molecule has 1 amide bonds. The minimum absolute atomic E-state index is 0.0812. The van der Waals surface area contributed by atoms with Crippen molar-refractivity contribution in [3.05, 3.63) is 59.9 Å². The molecule has 1 aliphatic heterocycles. The van der Waals surface area contributed by atoms with E-state index in [1.54, 1.807) is 7.11 Å².